The summed E-state index contributed by atoms with van der Waals surface area (Å²) in [6.07, 6.45) is 1.91. The molecule has 1 saturated heterocycles. The average molecular weight is 272 g/mol. The molecular weight excluding hydrogens is 244 g/mol. The number of hydrogen-bond donors (Lipinski definition) is 0. The van der Waals surface area contributed by atoms with Crippen molar-refractivity contribution in [2.45, 2.75) is 26.7 Å². The lowest BCUT2D eigenvalue weighted by Crippen LogP contribution is -2.36. The number of nitrogens with zero attached hydrogens (tertiary/aromatic N) is 2. The molecule has 0 aromatic carbocycles. The van der Waals surface area contributed by atoms with Gasteiger partial charge >= 0.3 is 6.09 Å². The SMILES string of the molecule is COCCCN1CCCN(C(=O)OCC(C)C)CC1. The molecule has 5 heteroatoms. The maximum Gasteiger partial charge on any atom is 0.409 e. The van der Waals surface area contributed by atoms with E-state index in [0.29, 0.717) is 12.5 Å². The van der Waals surface area contributed by atoms with Gasteiger partial charge in [0.2, 0.25) is 0 Å². The predicted octanol–water partition coefficient (Wildman–Crippen LogP) is 1.82. The summed E-state index contributed by atoms with van der Waals surface area (Å²) in [5.74, 6) is 0.390. The fraction of sp³-hybridized carbons (Fsp3) is 0.929. The number of ether oxygens (including phenoxy) is 2. The Labute approximate surface area is 116 Å². The van der Waals surface area contributed by atoms with Gasteiger partial charge in [-0.25, -0.2) is 4.79 Å². The lowest BCUT2D eigenvalue weighted by atomic mass is 10.2. The smallest absolute Gasteiger partial charge is 0.409 e. The molecule has 112 valence electrons. The van der Waals surface area contributed by atoms with Crippen molar-refractivity contribution >= 4 is 6.09 Å². The lowest BCUT2D eigenvalue weighted by Gasteiger charge is -2.22. The van der Waals surface area contributed by atoms with Crippen LogP contribution >= 0.6 is 0 Å². The van der Waals surface area contributed by atoms with E-state index in [9.17, 15) is 4.79 Å². The van der Waals surface area contributed by atoms with Gasteiger partial charge < -0.3 is 19.3 Å². The van der Waals surface area contributed by atoms with E-state index in [1.165, 1.54) is 0 Å². The van der Waals surface area contributed by atoms with Crippen molar-refractivity contribution in [1.29, 1.82) is 0 Å². The summed E-state index contributed by atoms with van der Waals surface area (Å²) in [6.45, 7) is 10.0. The van der Waals surface area contributed by atoms with E-state index in [2.05, 4.69) is 4.90 Å². The second kappa shape index (κ2) is 9.15. The highest BCUT2D eigenvalue weighted by Gasteiger charge is 2.19. The van der Waals surface area contributed by atoms with Gasteiger partial charge in [0.15, 0.2) is 0 Å². The van der Waals surface area contributed by atoms with E-state index in [-0.39, 0.29) is 6.09 Å². The van der Waals surface area contributed by atoms with Gasteiger partial charge in [0.1, 0.15) is 0 Å². The third kappa shape index (κ3) is 6.78. The molecule has 1 aliphatic rings. The van der Waals surface area contributed by atoms with E-state index < -0.39 is 0 Å². The van der Waals surface area contributed by atoms with E-state index in [4.69, 9.17) is 9.47 Å². The van der Waals surface area contributed by atoms with Crippen LogP contribution in [0, 0.1) is 5.92 Å². The lowest BCUT2D eigenvalue weighted by molar-refractivity contribution is 0.0929. The monoisotopic (exact) mass is 272 g/mol. The zero-order chi connectivity index (χ0) is 14.1. The van der Waals surface area contributed by atoms with E-state index >= 15 is 0 Å². The van der Waals surface area contributed by atoms with Crippen LogP contribution in [0.3, 0.4) is 0 Å². The first-order chi connectivity index (χ1) is 9.13. The van der Waals surface area contributed by atoms with Crippen LogP contribution in [-0.4, -0.2) is 68.9 Å². The van der Waals surface area contributed by atoms with Crippen molar-refractivity contribution in [1.82, 2.24) is 9.80 Å². The van der Waals surface area contributed by atoms with Gasteiger partial charge in [0.05, 0.1) is 6.61 Å². The van der Waals surface area contributed by atoms with Crippen LogP contribution in [0.1, 0.15) is 26.7 Å². The Morgan fingerprint density at radius 3 is 2.68 bits per heavy atom. The Balaban J connectivity index is 2.26. The fourth-order valence-electron chi connectivity index (χ4n) is 2.14. The molecule has 0 aromatic heterocycles. The zero-order valence-corrected chi connectivity index (χ0v) is 12.6. The first-order valence-electron chi connectivity index (χ1n) is 7.26. The Hall–Kier alpha value is -0.810. The van der Waals surface area contributed by atoms with Crippen LogP contribution in [0.2, 0.25) is 0 Å². The van der Waals surface area contributed by atoms with Crippen molar-refractivity contribution < 1.29 is 14.3 Å². The van der Waals surface area contributed by atoms with Gasteiger partial charge in [-0.15, -0.1) is 0 Å². The third-order valence-electron chi connectivity index (χ3n) is 3.21. The Bertz CT molecular complexity index is 259. The molecule has 0 unspecified atom stereocenters. The summed E-state index contributed by atoms with van der Waals surface area (Å²) < 4.78 is 10.3. The second-order valence-electron chi connectivity index (χ2n) is 5.50. The summed E-state index contributed by atoms with van der Waals surface area (Å²) in [6, 6.07) is 0. The third-order valence-corrected chi connectivity index (χ3v) is 3.21. The highest BCUT2D eigenvalue weighted by molar-refractivity contribution is 5.67. The normalized spacial score (nSPS) is 17.6. The molecule has 0 N–H and O–H groups in total. The molecule has 19 heavy (non-hydrogen) atoms. The van der Waals surface area contributed by atoms with E-state index in [1.54, 1.807) is 7.11 Å². The fourth-order valence-corrected chi connectivity index (χ4v) is 2.14. The van der Waals surface area contributed by atoms with Crippen molar-refractivity contribution in [3.8, 4) is 0 Å². The maximum absolute atomic E-state index is 11.9. The molecule has 0 aromatic rings. The molecular formula is C14H28N2O3. The number of methoxy groups -OCH3 is 1. The summed E-state index contributed by atoms with van der Waals surface area (Å²) in [4.78, 5) is 16.1. The van der Waals surface area contributed by atoms with Crippen molar-refractivity contribution in [3.63, 3.8) is 0 Å². The highest BCUT2D eigenvalue weighted by atomic mass is 16.6. The highest BCUT2D eigenvalue weighted by Crippen LogP contribution is 2.06. The first-order valence-corrected chi connectivity index (χ1v) is 7.26. The number of hydrogen-bond acceptors (Lipinski definition) is 4. The Morgan fingerprint density at radius 2 is 2.00 bits per heavy atom. The molecule has 0 saturated carbocycles. The summed E-state index contributed by atoms with van der Waals surface area (Å²) in [5.41, 5.74) is 0. The van der Waals surface area contributed by atoms with Gasteiger partial charge in [0.25, 0.3) is 0 Å². The minimum atomic E-state index is -0.160. The summed E-state index contributed by atoms with van der Waals surface area (Å²) in [5, 5.41) is 0. The molecule has 1 fully saturated rings. The molecule has 1 heterocycles. The van der Waals surface area contributed by atoms with E-state index in [1.807, 2.05) is 18.7 Å². The standard InChI is InChI=1S/C14H28N2O3/c1-13(2)12-19-14(17)16-8-4-6-15(9-10-16)7-5-11-18-3/h13H,4-12H2,1-3H3. The number of rotatable bonds is 6. The van der Waals surface area contributed by atoms with Crippen LogP contribution in [-0.2, 0) is 9.47 Å². The van der Waals surface area contributed by atoms with Crippen LogP contribution in [0.25, 0.3) is 0 Å². The van der Waals surface area contributed by atoms with Gasteiger partial charge in [-0.05, 0) is 25.3 Å². The Kier molecular flexibility index (Phi) is 7.82. The second-order valence-corrected chi connectivity index (χ2v) is 5.50. The van der Waals surface area contributed by atoms with Crippen LogP contribution < -0.4 is 0 Å². The van der Waals surface area contributed by atoms with E-state index in [0.717, 1.165) is 52.2 Å². The summed E-state index contributed by atoms with van der Waals surface area (Å²) >= 11 is 0. The summed E-state index contributed by atoms with van der Waals surface area (Å²) in [7, 11) is 1.73. The molecule has 1 aliphatic heterocycles. The topological polar surface area (TPSA) is 42.0 Å². The number of carbonyl (C=O) groups excluding carboxylic acids is 1. The van der Waals surface area contributed by atoms with Crippen molar-refractivity contribution in [2.75, 3.05) is 53.0 Å². The van der Waals surface area contributed by atoms with Gasteiger partial charge in [-0.1, -0.05) is 13.8 Å². The van der Waals surface area contributed by atoms with Crippen molar-refractivity contribution in [2.24, 2.45) is 5.92 Å². The minimum Gasteiger partial charge on any atom is -0.449 e. The van der Waals surface area contributed by atoms with Gasteiger partial charge in [0, 0.05) is 39.9 Å². The average Bonchev–Trinajstić information content (AvgIpc) is 2.62. The zero-order valence-electron chi connectivity index (χ0n) is 12.6. The molecule has 0 radical (unpaired) electrons. The molecule has 1 rings (SSSR count). The van der Waals surface area contributed by atoms with Crippen molar-refractivity contribution in [3.05, 3.63) is 0 Å². The molecule has 0 bridgehead atoms. The molecule has 5 nitrogen and oxygen atoms in total. The number of carbonyl (C=O) groups is 1. The van der Waals surface area contributed by atoms with Gasteiger partial charge in [-0.3, -0.25) is 0 Å². The molecule has 0 atom stereocenters. The van der Waals surface area contributed by atoms with Crippen LogP contribution in [0.15, 0.2) is 0 Å². The number of amides is 1. The van der Waals surface area contributed by atoms with Crippen LogP contribution in [0.4, 0.5) is 4.79 Å². The molecule has 0 spiro atoms. The predicted molar refractivity (Wildman–Crippen MR) is 75.3 cm³/mol. The maximum atomic E-state index is 11.9. The molecule has 1 amide bonds. The minimum absolute atomic E-state index is 0.160. The molecule has 0 aliphatic carbocycles. The van der Waals surface area contributed by atoms with Crippen LogP contribution in [0.5, 0.6) is 0 Å². The quantitative estimate of drug-likeness (QED) is 0.692. The largest absolute Gasteiger partial charge is 0.449 e. The first kappa shape index (κ1) is 16.2. The Morgan fingerprint density at radius 1 is 1.21 bits per heavy atom. The van der Waals surface area contributed by atoms with Gasteiger partial charge in [-0.2, -0.15) is 0 Å².